The number of Topliss-reactive ketones (excluding diaryl/α,β-unsaturated/α-hetero) is 2. The van der Waals surface area contributed by atoms with Gasteiger partial charge in [0.2, 0.25) is 5.36 Å². The van der Waals surface area contributed by atoms with E-state index in [0.717, 1.165) is 70.6 Å². The number of piperazine rings is 1. The highest BCUT2D eigenvalue weighted by atomic mass is 35.5. The molecule has 0 radical (unpaired) electrons. The fourth-order valence-electron chi connectivity index (χ4n) is 7.69. The number of ketones is 2. The number of hydrogen-bond acceptors (Lipinski definition) is 7. The Kier molecular flexibility index (Phi) is 13.3. The lowest BCUT2D eigenvalue weighted by Gasteiger charge is -2.34. The van der Waals surface area contributed by atoms with E-state index in [0.29, 0.717) is 57.4 Å². The normalized spacial score (nSPS) is 16.1. The van der Waals surface area contributed by atoms with Crippen LogP contribution in [0.4, 0.5) is 10.5 Å². The van der Waals surface area contributed by atoms with Crippen LogP contribution in [0.15, 0.2) is 65.1 Å². The molecule has 1 unspecified atom stereocenters. The van der Waals surface area contributed by atoms with Crippen LogP contribution < -0.4 is 27.2 Å². The number of carbonyl (C=O) groups excluding carboxylic acids is 4. The van der Waals surface area contributed by atoms with Crippen molar-refractivity contribution in [2.45, 2.75) is 59.8 Å². The van der Waals surface area contributed by atoms with Crippen molar-refractivity contribution in [3.05, 3.63) is 71.6 Å². The van der Waals surface area contributed by atoms with Crippen molar-refractivity contribution in [3.8, 4) is 22.5 Å². The summed E-state index contributed by atoms with van der Waals surface area (Å²) < 4.78 is 14.5. The highest BCUT2D eigenvalue weighted by Crippen LogP contribution is 2.42. The third-order valence-electron chi connectivity index (χ3n) is 10.7. The maximum atomic E-state index is 14.3. The first kappa shape index (κ1) is 39.5. The minimum atomic E-state index is -0.406. The molecule has 2 heterocycles. The molecule has 2 fully saturated rings. The predicted octanol–water partition coefficient (Wildman–Crippen LogP) is 3.48. The first-order valence-electron chi connectivity index (χ1n) is 18.9. The van der Waals surface area contributed by atoms with Crippen molar-refractivity contribution >= 4 is 40.2 Å². The SMILES string of the molecule is CCN(CC)c1ccc2c(-c3ccccc3C(=O)N3CCN(C(=O)OCCCC4CCC(=O)CC4=O)CC3)c3ccc(=[N+](CC)CC)cc-3oc2c1.[Cl-]. The van der Waals surface area contributed by atoms with E-state index in [4.69, 9.17) is 9.15 Å². The zero-order valence-corrected chi connectivity index (χ0v) is 32.1. The molecular formula is C42H51ClN4O6. The zero-order chi connectivity index (χ0) is 36.8. The standard InChI is InChI=1S/C42H51N4O6.ClH/c1-5-43(6-2)30-16-19-35-38(26-30)52-39-27-31(44(7-3)8-4)17-20-36(39)40(35)33-13-9-10-14-34(33)41(49)45-21-23-46(24-22-45)42(50)51-25-11-12-29-15-18-32(47)28-37(29)48;/h9-10,13-14,16-17,19-20,26-27,29H,5-8,11-12,15,18,21-25,28H2,1-4H3;1H/q+1;/p-1. The van der Waals surface area contributed by atoms with Crippen LogP contribution in [0.3, 0.4) is 0 Å². The molecule has 1 saturated heterocycles. The van der Waals surface area contributed by atoms with Crippen molar-refractivity contribution in [2.24, 2.45) is 5.92 Å². The minimum absolute atomic E-state index is 0. The van der Waals surface area contributed by atoms with E-state index in [9.17, 15) is 19.2 Å². The van der Waals surface area contributed by atoms with Gasteiger partial charge in [0.15, 0.2) is 0 Å². The number of fused-ring (bicyclic) bond motifs is 2. The summed E-state index contributed by atoms with van der Waals surface area (Å²) in [5.41, 5.74) is 5.19. The van der Waals surface area contributed by atoms with Crippen molar-refractivity contribution in [1.29, 1.82) is 0 Å². The van der Waals surface area contributed by atoms with Crippen LogP contribution in [0, 0.1) is 5.92 Å². The zero-order valence-electron chi connectivity index (χ0n) is 31.4. The number of carbonyl (C=O) groups is 4. The van der Waals surface area contributed by atoms with Gasteiger partial charge in [0.25, 0.3) is 5.91 Å². The Hall–Kier alpha value is -4.70. The molecular weight excluding hydrogens is 692 g/mol. The van der Waals surface area contributed by atoms with Crippen LogP contribution in [0.2, 0.25) is 0 Å². The molecule has 4 aliphatic rings. The van der Waals surface area contributed by atoms with E-state index in [2.05, 4.69) is 73.6 Å². The van der Waals surface area contributed by atoms with E-state index in [1.807, 2.05) is 29.2 Å². The summed E-state index contributed by atoms with van der Waals surface area (Å²) in [6.45, 7) is 13.8. The van der Waals surface area contributed by atoms with E-state index in [1.54, 1.807) is 4.90 Å². The average Bonchev–Trinajstić information content (AvgIpc) is 3.17. The van der Waals surface area contributed by atoms with E-state index < -0.39 is 6.09 Å². The summed E-state index contributed by atoms with van der Waals surface area (Å²) in [4.78, 5) is 56.5. The lowest BCUT2D eigenvalue weighted by Crippen LogP contribution is -3.00. The topological polar surface area (TPSA) is 103 Å². The first-order chi connectivity index (χ1) is 25.3. The molecule has 0 aromatic heterocycles. The second-order valence-electron chi connectivity index (χ2n) is 13.7. The summed E-state index contributed by atoms with van der Waals surface area (Å²) in [6.07, 6.45) is 1.86. The second-order valence-corrected chi connectivity index (χ2v) is 13.7. The molecule has 11 heteroatoms. The van der Waals surface area contributed by atoms with Gasteiger partial charge < -0.3 is 36.3 Å². The van der Waals surface area contributed by atoms with Crippen LogP contribution in [-0.2, 0) is 14.3 Å². The second kappa shape index (κ2) is 17.9. The lowest BCUT2D eigenvalue weighted by molar-refractivity contribution is -0.132. The van der Waals surface area contributed by atoms with E-state index in [1.165, 1.54) is 0 Å². The molecule has 0 spiro atoms. The van der Waals surface area contributed by atoms with Gasteiger partial charge in [-0.25, -0.2) is 9.37 Å². The number of anilines is 1. The fourth-order valence-corrected chi connectivity index (χ4v) is 7.69. The predicted molar refractivity (Wildman–Crippen MR) is 204 cm³/mol. The molecule has 282 valence electrons. The number of halogens is 1. The minimum Gasteiger partial charge on any atom is -1.00 e. The average molecular weight is 743 g/mol. The summed E-state index contributed by atoms with van der Waals surface area (Å²) >= 11 is 0. The molecule has 1 atom stereocenters. The molecule has 2 aromatic carbocycles. The molecule has 2 aliphatic carbocycles. The van der Waals surface area contributed by atoms with Crippen LogP contribution in [-0.4, -0.2) is 92.3 Å². The van der Waals surface area contributed by atoms with Gasteiger partial charge in [-0.3, -0.25) is 14.4 Å². The molecule has 2 amide bonds. The lowest BCUT2D eigenvalue weighted by atomic mass is 9.84. The van der Waals surface area contributed by atoms with Gasteiger partial charge in [-0.2, -0.15) is 0 Å². The Balaban J connectivity index is 0.00000541. The van der Waals surface area contributed by atoms with Crippen LogP contribution >= 0.6 is 0 Å². The Morgan fingerprint density at radius 1 is 0.887 bits per heavy atom. The molecule has 2 aliphatic heterocycles. The Morgan fingerprint density at radius 3 is 2.30 bits per heavy atom. The molecule has 10 nitrogen and oxygen atoms in total. The van der Waals surface area contributed by atoms with Gasteiger partial charge in [0.05, 0.1) is 19.1 Å². The van der Waals surface area contributed by atoms with Crippen molar-refractivity contribution < 1.29 is 40.7 Å². The maximum Gasteiger partial charge on any atom is 0.409 e. The highest BCUT2D eigenvalue weighted by Gasteiger charge is 2.30. The largest absolute Gasteiger partial charge is 1.00 e. The Bertz CT molecular complexity index is 1990. The Labute approximate surface area is 318 Å². The summed E-state index contributed by atoms with van der Waals surface area (Å²) in [6, 6.07) is 20.5. The molecule has 53 heavy (non-hydrogen) atoms. The summed E-state index contributed by atoms with van der Waals surface area (Å²) in [5, 5.41) is 2.03. The Morgan fingerprint density at radius 2 is 1.60 bits per heavy atom. The monoisotopic (exact) mass is 742 g/mol. The van der Waals surface area contributed by atoms with E-state index >= 15 is 0 Å². The number of nitrogens with zero attached hydrogens (tertiary/aromatic N) is 4. The number of hydrogen-bond donors (Lipinski definition) is 0. The van der Waals surface area contributed by atoms with Crippen LogP contribution in [0.5, 0.6) is 0 Å². The molecule has 0 N–H and O–H groups in total. The number of rotatable bonds is 11. The maximum absolute atomic E-state index is 14.3. The van der Waals surface area contributed by atoms with Gasteiger partial charge in [0, 0.05) is 91.5 Å². The smallest absolute Gasteiger partial charge is 0.409 e. The molecule has 6 rings (SSSR count). The van der Waals surface area contributed by atoms with Gasteiger partial charge >= 0.3 is 6.09 Å². The third-order valence-corrected chi connectivity index (χ3v) is 10.7. The summed E-state index contributed by atoms with van der Waals surface area (Å²) in [7, 11) is 0. The molecule has 0 bridgehead atoms. The van der Waals surface area contributed by atoms with Crippen molar-refractivity contribution in [1.82, 2.24) is 14.4 Å². The van der Waals surface area contributed by atoms with Crippen LogP contribution in [0.1, 0.15) is 70.2 Å². The van der Waals surface area contributed by atoms with Gasteiger partial charge in [-0.1, -0.05) is 18.2 Å². The number of amides is 2. The van der Waals surface area contributed by atoms with Crippen molar-refractivity contribution in [3.63, 3.8) is 0 Å². The third kappa shape index (κ3) is 8.59. The molecule has 1 saturated carbocycles. The van der Waals surface area contributed by atoms with Crippen molar-refractivity contribution in [2.75, 3.05) is 63.9 Å². The van der Waals surface area contributed by atoms with E-state index in [-0.39, 0.29) is 48.8 Å². The number of ether oxygens (including phenoxy) is 1. The highest BCUT2D eigenvalue weighted by molar-refractivity contribution is 6.09. The quantitative estimate of drug-likeness (QED) is 0.100. The van der Waals surface area contributed by atoms with Crippen LogP contribution in [0.25, 0.3) is 33.4 Å². The fraction of sp³-hybridized carbons (Fsp3) is 0.452. The van der Waals surface area contributed by atoms with Gasteiger partial charge in [-0.05, 0) is 76.8 Å². The van der Waals surface area contributed by atoms with Gasteiger partial charge in [0.1, 0.15) is 36.0 Å². The number of benzene rings is 3. The molecule has 2 aromatic rings. The first-order valence-corrected chi connectivity index (χ1v) is 18.9. The summed E-state index contributed by atoms with van der Waals surface area (Å²) in [5.74, 6) is 0.576. The van der Waals surface area contributed by atoms with Gasteiger partial charge in [-0.15, -0.1) is 0 Å².